The molecule has 0 radical (unpaired) electrons. The Morgan fingerprint density at radius 2 is 2.08 bits per heavy atom. The molecule has 0 aliphatic heterocycles. The summed E-state index contributed by atoms with van der Waals surface area (Å²) in [5, 5.41) is 8.36. The van der Waals surface area contributed by atoms with E-state index in [9.17, 15) is 8.78 Å². The van der Waals surface area contributed by atoms with Crippen LogP contribution in [0.15, 0.2) is 28.7 Å². The molecule has 0 fully saturated rings. The van der Waals surface area contributed by atoms with Gasteiger partial charge in [0.05, 0.1) is 0 Å². The fourth-order valence-electron chi connectivity index (χ4n) is 1.00. The van der Waals surface area contributed by atoms with Gasteiger partial charge in [-0.25, -0.2) is 8.78 Å². The highest BCUT2D eigenvalue weighted by Gasteiger charge is 2.27. The molecule has 0 amide bonds. The first kappa shape index (κ1) is 10.6. The summed E-state index contributed by atoms with van der Waals surface area (Å²) in [5.74, 6) is -3.03. The zero-order chi connectivity index (χ0) is 9.90. The van der Waals surface area contributed by atoms with Crippen LogP contribution in [0.25, 0.3) is 0 Å². The maximum Gasteiger partial charge on any atom is 0.274 e. The van der Waals surface area contributed by atoms with Crippen LogP contribution in [0.2, 0.25) is 0 Å². The normalized spacial score (nSPS) is 11.7. The third kappa shape index (κ3) is 3.40. The zero-order valence-corrected chi connectivity index (χ0v) is 8.39. The number of aliphatic hydroxyl groups is 1. The highest BCUT2D eigenvalue weighted by atomic mass is 79.9. The summed E-state index contributed by atoms with van der Waals surface area (Å²) in [7, 11) is 0. The van der Waals surface area contributed by atoms with Crippen LogP contribution in [0.4, 0.5) is 8.78 Å². The molecule has 0 aliphatic rings. The van der Waals surface area contributed by atoms with Crippen molar-refractivity contribution in [2.45, 2.75) is 12.3 Å². The Morgan fingerprint density at radius 3 is 2.62 bits per heavy atom. The van der Waals surface area contributed by atoms with E-state index < -0.39 is 19.0 Å². The van der Waals surface area contributed by atoms with Crippen molar-refractivity contribution >= 4 is 15.9 Å². The maximum absolute atomic E-state index is 12.7. The standard InChI is InChI=1S/C9H9BrF2O/c10-8-3-1-2-7(4-8)5-9(11,12)6-13/h1-4,13H,5-6H2. The molecule has 4 heteroatoms. The van der Waals surface area contributed by atoms with E-state index in [0.29, 0.717) is 5.56 Å². The number of rotatable bonds is 3. The van der Waals surface area contributed by atoms with E-state index in [1.54, 1.807) is 24.3 Å². The molecule has 0 atom stereocenters. The lowest BCUT2D eigenvalue weighted by atomic mass is 10.1. The summed E-state index contributed by atoms with van der Waals surface area (Å²) in [6, 6.07) is 6.67. The van der Waals surface area contributed by atoms with Crippen molar-refractivity contribution < 1.29 is 13.9 Å². The van der Waals surface area contributed by atoms with Crippen LogP contribution in [0, 0.1) is 0 Å². The van der Waals surface area contributed by atoms with Gasteiger partial charge in [-0.1, -0.05) is 28.1 Å². The molecule has 0 bridgehead atoms. The van der Waals surface area contributed by atoms with Crippen LogP contribution in [-0.2, 0) is 6.42 Å². The average molecular weight is 251 g/mol. The molecule has 13 heavy (non-hydrogen) atoms. The molecule has 0 saturated carbocycles. The molecule has 0 unspecified atom stereocenters. The number of halogens is 3. The highest BCUT2D eigenvalue weighted by molar-refractivity contribution is 9.10. The fraction of sp³-hybridized carbons (Fsp3) is 0.333. The number of alkyl halides is 2. The number of benzene rings is 1. The lowest BCUT2D eigenvalue weighted by Crippen LogP contribution is -2.24. The Balaban J connectivity index is 2.74. The molecule has 1 N–H and O–H groups in total. The third-order valence-corrected chi connectivity index (χ3v) is 2.08. The van der Waals surface area contributed by atoms with Gasteiger partial charge < -0.3 is 5.11 Å². The van der Waals surface area contributed by atoms with Crippen molar-refractivity contribution in [1.29, 1.82) is 0 Å². The van der Waals surface area contributed by atoms with Gasteiger partial charge in [0, 0.05) is 10.9 Å². The second kappa shape index (κ2) is 4.15. The molecule has 0 aromatic heterocycles. The van der Waals surface area contributed by atoms with Crippen molar-refractivity contribution in [1.82, 2.24) is 0 Å². The van der Waals surface area contributed by atoms with Crippen molar-refractivity contribution in [3.63, 3.8) is 0 Å². The quantitative estimate of drug-likeness (QED) is 0.875. The van der Waals surface area contributed by atoms with Crippen LogP contribution in [-0.4, -0.2) is 17.6 Å². The fourth-order valence-corrected chi connectivity index (χ4v) is 1.45. The second-order valence-electron chi connectivity index (χ2n) is 2.82. The zero-order valence-electron chi connectivity index (χ0n) is 6.80. The molecular weight excluding hydrogens is 242 g/mol. The first-order valence-corrected chi connectivity index (χ1v) is 4.56. The summed E-state index contributed by atoms with van der Waals surface area (Å²) >= 11 is 3.18. The highest BCUT2D eigenvalue weighted by Crippen LogP contribution is 2.21. The smallest absolute Gasteiger partial charge is 0.274 e. The molecule has 1 aromatic carbocycles. The minimum Gasteiger partial charge on any atom is -0.390 e. The number of hydrogen-bond donors (Lipinski definition) is 1. The third-order valence-electron chi connectivity index (χ3n) is 1.58. The largest absolute Gasteiger partial charge is 0.390 e. The van der Waals surface area contributed by atoms with E-state index >= 15 is 0 Å². The van der Waals surface area contributed by atoms with Gasteiger partial charge in [0.2, 0.25) is 0 Å². The topological polar surface area (TPSA) is 20.2 Å². The SMILES string of the molecule is OCC(F)(F)Cc1cccc(Br)c1. The van der Waals surface area contributed by atoms with Gasteiger partial charge in [0.1, 0.15) is 6.61 Å². The van der Waals surface area contributed by atoms with E-state index in [2.05, 4.69) is 15.9 Å². The van der Waals surface area contributed by atoms with Gasteiger partial charge >= 0.3 is 0 Å². The average Bonchev–Trinajstić information content (AvgIpc) is 2.03. The van der Waals surface area contributed by atoms with E-state index in [0.717, 1.165) is 4.47 Å². The molecular formula is C9H9BrF2O. The molecule has 0 heterocycles. The Labute approximate surface area is 83.5 Å². The van der Waals surface area contributed by atoms with Crippen LogP contribution in [0.3, 0.4) is 0 Å². The van der Waals surface area contributed by atoms with E-state index in [-0.39, 0.29) is 0 Å². The van der Waals surface area contributed by atoms with Crippen molar-refractivity contribution in [2.75, 3.05) is 6.61 Å². The van der Waals surface area contributed by atoms with Crippen molar-refractivity contribution in [3.05, 3.63) is 34.3 Å². The summed E-state index contributed by atoms with van der Waals surface area (Å²) in [6.45, 7) is -1.11. The predicted octanol–water partition coefficient (Wildman–Crippen LogP) is 2.62. The summed E-state index contributed by atoms with van der Waals surface area (Å²) < 4.78 is 26.2. The lowest BCUT2D eigenvalue weighted by molar-refractivity contribution is -0.0488. The van der Waals surface area contributed by atoms with Gasteiger partial charge in [-0.15, -0.1) is 0 Å². The number of hydrogen-bond acceptors (Lipinski definition) is 1. The Hall–Kier alpha value is -0.480. The van der Waals surface area contributed by atoms with Gasteiger partial charge in [-0.05, 0) is 17.7 Å². The van der Waals surface area contributed by atoms with Gasteiger partial charge in [-0.3, -0.25) is 0 Å². The first-order chi connectivity index (χ1) is 6.03. The Bertz CT molecular complexity index is 289. The number of aliphatic hydroxyl groups excluding tert-OH is 1. The van der Waals surface area contributed by atoms with Gasteiger partial charge in [0.15, 0.2) is 0 Å². The van der Waals surface area contributed by atoms with Gasteiger partial charge in [0.25, 0.3) is 5.92 Å². The van der Waals surface area contributed by atoms with E-state index in [1.165, 1.54) is 0 Å². The summed E-state index contributed by atoms with van der Waals surface area (Å²) in [4.78, 5) is 0. The molecule has 1 rings (SSSR count). The van der Waals surface area contributed by atoms with Crippen LogP contribution in [0.5, 0.6) is 0 Å². The minimum atomic E-state index is -3.03. The summed E-state index contributed by atoms with van der Waals surface area (Å²) in [6.07, 6.45) is -0.428. The molecule has 0 aliphatic carbocycles. The van der Waals surface area contributed by atoms with Gasteiger partial charge in [-0.2, -0.15) is 0 Å². The Morgan fingerprint density at radius 1 is 1.38 bits per heavy atom. The van der Waals surface area contributed by atoms with Crippen LogP contribution < -0.4 is 0 Å². The monoisotopic (exact) mass is 250 g/mol. The summed E-state index contributed by atoms with van der Waals surface area (Å²) in [5.41, 5.74) is 0.508. The predicted molar refractivity (Wildman–Crippen MR) is 49.9 cm³/mol. The molecule has 0 saturated heterocycles. The van der Waals surface area contributed by atoms with Crippen molar-refractivity contribution in [2.24, 2.45) is 0 Å². The molecule has 1 aromatic rings. The van der Waals surface area contributed by atoms with Crippen LogP contribution in [0.1, 0.15) is 5.56 Å². The van der Waals surface area contributed by atoms with Crippen molar-refractivity contribution in [3.8, 4) is 0 Å². The second-order valence-corrected chi connectivity index (χ2v) is 3.74. The molecule has 72 valence electrons. The first-order valence-electron chi connectivity index (χ1n) is 3.77. The molecule has 1 nitrogen and oxygen atoms in total. The maximum atomic E-state index is 12.7. The van der Waals surface area contributed by atoms with E-state index in [1.807, 2.05) is 0 Å². The van der Waals surface area contributed by atoms with Crippen LogP contribution >= 0.6 is 15.9 Å². The minimum absolute atomic E-state index is 0.428. The molecule has 0 spiro atoms. The lowest BCUT2D eigenvalue weighted by Gasteiger charge is -2.12. The Kier molecular flexibility index (Phi) is 3.39. The van der Waals surface area contributed by atoms with E-state index in [4.69, 9.17) is 5.11 Å².